The number of rotatable bonds is 4. The molecule has 2 heterocycles. The van der Waals surface area contributed by atoms with E-state index in [2.05, 4.69) is 15.3 Å². The van der Waals surface area contributed by atoms with Crippen LogP contribution in [0.2, 0.25) is 5.15 Å². The number of aryl methyl sites for hydroxylation is 1. The van der Waals surface area contributed by atoms with Crippen LogP contribution in [0.25, 0.3) is 0 Å². The van der Waals surface area contributed by atoms with Crippen LogP contribution in [-0.2, 0) is 4.79 Å². The van der Waals surface area contributed by atoms with Gasteiger partial charge in [0.05, 0.1) is 0 Å². The number of carbonyl (C=O) groups excluding carboxylic acids is 1. The summed E-state index contributed by atoms with van der Waals surface area (Å²) in [7, 11) is 0. The predicted molar refractivity (Wildman–Crippen MR) is 70.5 cm³/mol. The van der Waals surface area contributed by atoms with Gasteiger partial charge in [-0.05, 0) is 13.3 Å². The molecule has 1 aromatic heterocycles. The molecule has 98 valence electrons. The van der Waals surface area contributed by atoms with Crippen molar-refractivity contribution in [3.05, 3.63) is 11.0 Å². The molecule has 0 saturated carbocycles. The summed E-state index contributed by atoms with van der Waals surface area (Å²) in [6, 6.07) is 0. The molecule has 6 nitrogen and oxygen atoms in total. The molecule has 7 heteroatoms. The molecule has 1 fully saturated rings. The average Bonchev–Trinajstić information content (AvgIpc) is 2.71. The van der Waals surface area contributed by atoms with Crippen LogP contribution in [0, 0.1) is 6.92 Å². The molecule has 0 spiro atoms. The van der Waals surface area contributed by atoms with E-state index in [4.69, 9.17) is 17.3 Å². The van der Waals surface area contributed by atoms with Crippen LogP contribution >= 0.6 is 11.6 Å². The van der Waals surface area contributed by atoms with Crippen molar-refractivity contribution in [3.8, 4) is 0 Å². The molecule has 2 rings (SSSR count). The third-order valence-electron chi connectivity index (χ3n) is 2.86. The number of likely N-dealkylation sites (tertiary alicyclic amines) is 1. The Balaban J connectivity index is 1.92. The zero-order valence-corrected chi connectivity index (χ0v) is 11.0. The van der Waals surface area contributed by atoms with Crippen LogP contribution < -0.4 is 11.1 Å². The van der Waals surface area contributed by atoms with E-state index in [1.54, 1.807) is 6.92 Å². The highest BCUT2D eigenvalue weighted by molar-refractivity contribution is 6.32. The molecule has 0 atom stereocenters. The Bertz CT molecular complexity index is 465. The van der Waals surface area contributed by atoms with E-state index < -0.39 is 0 Å². The number of halogens is 1. The molecular weight excluding hydrogens is 254 g/mol. The quantitative estimate of drug-likeness (QED) is 0.799. The molecule has 1 amide bonds. The maximum Gasteiger partial charge on any atom is 0.222 e. The normalized spacial score (nSPS) is 15.2. The van der Waals surface area contributed by atoms with Crippen molar-refractivity contribution in [2.24, 2.45) is 0 Å². The van der Waals surface area contributed by atoms with Gasteiger partial charge < -0.3 is 16.0 Å². The second-order valence-electron chi connectivity index (χ2n) is 4.24. The number of hydrogen-bond acceptors (Lipinski definition) is 5. The lowest BCUT2D eigenvalue weighted by molar-refractivity contribution is -0.127. The standard InChI is InChI=1S/C11H16ClN5O/c1-7-15-10(12)9(13)11(16-7)14-4-6-17-5-2-3-8(17)18/h2-6,13H2,1H3,(H,14,15,16). The third kappa shape index (κ3) is 2.81. The lowest BCUT2D eigenvalue weighted by Crippen LogP contribution is -2.30. The first-order valence-corrected chi connectivity index (χ1v) is 6.27. The lowest BCUT2D eigenvalue weighted by Gasteiger charge is -2.16. The molecule has 1 aliphatic rings. The molecule has 1 aliphatic heterocycles. The maximum atomic E-state index is 11.4. The fraction of sp³-hybridized carbons (Fsp3) is 0.545. The molecule has 0 aromatic carbocycles. The van der Waals surface area contributed by atoms with Crippen LogP contribution in [-0.4, -0.2) is 40.4 Å². The molecular formula is C11H16ClN5O. The predicted octanol–water partition coefficient (Wildman–Crippen LogP) is 1.05. The number of amides is 1. The van der Waals surface area contributed by atoms with Gasteiger partial charge in [0, 0.05) is 26.1 Å². The molecule has 3 N–H and O–H groups in total. The monoisotopic (exact) mass is 269 g/mol. The fourth-order valence-electron chi connectivity index (χ4n) is 1.93. The lowest BCUT2D eigenvalue weighted by atomic mass is 10.4. The summed E-state index contributed by atoms with van der Waals surface area (Å²) in [5.41, 5.74) is 6.12. The molecule has 18 heavy (non-hydrogen) atoms. The third-order valence-corrected chi connectivity index (χ3v) is 3.14. The molecule has 0 bridgehead atoms. The topological polar surface area (TPSA) is 84.1 Å². The zero-order valence-electron chi connectivity index (χ0n) is 10.2. The van der Waals surface area contributed by atoms with Crippen LogP contribution in [0.1, 0.15) is 18.7 Å². The number of nitrogens with zero attached hydrogens (tertiary/aromatic N) is 3. The number of hydrogen-bond donors (Lipinski definition) is 2. The highest BCUT2D eigenvalue weighted by Gasteiger charge is 2.19. The Labute approximate surface area is 111 Å². The summed E-state index contributed by atoms with van der Waals surface area (Å²) >= 11 is 5.87. The number of anilines is 2. The van der Waals surface area contributed by atoms with E-state index in [1.807, 2.05) is 4.90 Å². The van der Waals surface area contributed by atoms with Crippen molar-refractivity contribution in [2.75, 3.05) is 30.7 Å². The first kappa shape index (κ1) is 12.9. The highest BCUT2D eigenvalue weighted by Crippen LogP contribution is 2.23. The van der Waals surface area contributed by atoms with Crippen molar-refractivity contribution in [1.82, 2.24) is 14.9 Å². The van der Waals surface area contributed by atoms with Crippen LogP contribution in [0.15, 0.2) is 0 Å². The van der Waals surface area contributed by atoms with Crippen molar-refractivity contribution in [3.63, 3.8) is 0 Å². The second kappa shape index (κ2) is 5.39. The Morgan fingerprint density at radius 2 is 2.28 bits per heavy atom. The summed E-state index contributed by atoms with van der Waals surface area (Å²) in [5, 5.41) is 3.34. The smallest absolute Gasteiger partial charge is 0.222 e. The van der Waals surface area contributed by atoms with Crippen LogP contribution in [0.3, 0.4) is 0 Å². The Hall–Kier alpha value is -1.56. The van der Waals surface area contributed by atoms with E-state index in [1.165, 1.54) is 0 Å². The van der Waals surface area contributed by atoms with Gasteiger partial charge in [0.25, 0.3) is 0 Å². The molecule has 0 radical (unpaired) electrons. The van der Waals surface area contributed by atoms with E-state index in [-0.39, 0.29) is 11.1 Å². The van der Waals surface area contributed by atoms with Gasteiger partial charge >= 0.3 is 0 Å². The van der Waals surface area contributed by atoms with Crippen molar-refractivity contribution >= 4 is 29.0 Å². The summed E-state index contributed by atoms with van der Waals surface area (Å²) < 4.78 is 0. The summed E-state index contributed by atoms with van der Waals surface area (Å²) in [4.78, 5) is 21.4. The minimum atomic E-state index is 0.210. The van der Waals surface area contributed by atoms with Gasteiger partial charge in [-0.1, -0.05) is 11.6 Å². The number of nitrogens with one attached hydrogen (secondary N) is 1. The fourth-order valence-corrected chi connectivity index (χ4v) is 2.14. The van der Waals surface area contributed by atoms with Gasteiger partial charge in [-0.3, -0.25) is 4.79 Å². The first-order valence-electron chi connectivity index (χ1n) is 5.89. The van der Waals surface area contributed by atoms with Crippen LogP contribution in [0.5, 0.6) is 0 Å². The number of nitrogen functional groups attached to an aromatic ring is 1. The number of nitrogens with two attached hydrogens (primary N) is 1. The zero-order chi connectivity index (χ0) is 13.1. The SMILES string of the molecule is Cc1nc(Cl)c(N)c(NCCN2CCCC2=O)n1. The Kier molecular flexibility index (Phi) is 3.86. The average molecular weight is 270 g/mol. The largest absolute Gasteiger partial charge is 0.393 e. The number of carbonyl (C=O) groups is 1. The summed E-state index contributed by atoms with van der Waals surface area (Å²) in [6.07, 6.45) is 1.60. The van der Waals surface area contributed by atoms with Gasteiger partial charge in [0.1, 0.15) is 11.5 Å². The Morgan fingerprint density at radius 1 is 1.50 bits per heavy atom. The van der Waals surface area contributed by atoms with Crippen molar-refractivity contribution in [2.45, 2.75) is 19.8 Å². The van der Waals surface area contributed by atoms with E-state index >= 15 is 0 Å². The van der Waals surface area contributed by atoms with Gasteiger partial charge in [0.2, 0.25) is 5.91 Å². The summed E-state index contributed by atoms with van der Waals surface area (Å²) in [6.45, 7) is 3.84. The van der Waals surface area contributed by atoms with E-state index in [0.717, 1.165) is 13.0 Å². The minimum Gasteiger partial charge on any atom is -0.393 e. The van der Waals surface area contributed by atoms with Crippen molar-refractivity contribution < 1.29 is 4.79 Å². The first-order chi connectivity index (χ1) is 8.58. The van der Waals surface area contributed by atoms with E-state index in [9.17, 15) is 4.79 Å². The molecule has 0 unspecified atom stereocenters. The van der Waals surface area contributed by atoms with Gasteiger partial charge in [-0.2, -0.15) is 0 Å². The van der Waals surface area contributed by atoms with E-state index in [0.29, 0.717) is 36.8 Å². The van der Waals surface area contributed by atoms with Gasteiger partial charge in [0.15, 0.2) is 11.0 Å². The highest BCUT2D eigenvalue weighted by atomic mass is 35.5. The van der Waals surface area contributed by atoms with Gasteiger partial charge in [-0.15, -0.1) is 0 Å². The van der Waals surface area contributed by atoms with Crippen molar-refractivity contribution in [1.29, 1.82) is 0 Å². The minimum absolute atomic E-state index is 0.210. The van der Waals surface area contributed by atoms with Gasteiger partial charge in [-0.25, -0.2) is 9.97 Å². The molecule has 0 aliphatic carbocycles. The molecule has 1 aromatic rings. The number of aromatic nitrogens is 2. The summed E-state index contributed by atoms with van der Waals surface area (Å²) in [5.74, 6) is 1.30. The van der Waals surface area contributed by atoms with Crippen LogP contribution in [0.4, 0.5) is 11.5 Å². The Morgan fingerprint density at radius 3 is 2.94 bits per heavy atom. The molecule has 1 saturated heterocycles. The second-order valence-corrected chi connectivity index (χ2v) is 4.59. The maximum absolute atomic E-state index is 11.4.